The van der Waals surface area contributed by atoms with E-state index in [0.717, 1.165) is 0 Å². The summed E-state index contributed by atoms with van der Waals surface area (Å²) in [5.41, 5.74) is 6.43. The number of nitrogens with zero attached hydrogens (tertiary/aromatic N) is 6. The Kier molecular flexibility index (Phi) is 6.78. The van der Waals surface area contributed by atoms with Gasteiger partial charge >= 0.3 is 0 Å². The highest BCUT2D eigenvalue weighted by molar-refractivity contribution is 6.35. The molecule has 0 radical (unpaired) electrons. The Morgan fingerprint density at radius 2 is 2.23 bits per heavy atom. The zero-order valence-corrected chi connectivity index (χ0v) is 20.0. The van der Waals surface area contributed by atoms with Gasteiger partial charge in [0.25, 0.3) is 11.5 Å². The summed E-state index contributed by atoms with van der Waals surface area (Å²) in [6.07, 6.45) is 5.19. The maximum atomic E-state index is 13.5. The van der Waals surface area contributed by atoms with E-state index in [0.29, 0.717) is 40.3 Å². The molecular formula is C23H24ClN9O2. The van der Waals surface area contributed by atoms with E-state index in [1.807, 2.05) is 6.07 Å². The summed E-state index contributed by atoms with van der Waals surface area (Å²) in [6.45, 7) is 7.41. The third-order valence-corrected chi connectivity index (χ3v) is 5.84. The van der Waals surface area contributed by atoms with Gasteiger partial charge in [0.1, 0.15) is 17.7 Å². The second kappa shape index (κ2) is 9.94. The zero-order chi connectivity index (χ0) is 25.1. The van der Waals surface area contributed by atoms with E-state index in [1.165, 1.54) is 11.0 Å². The standard InChI is InChI=1S/C23H24ClN9O2/c1-4-9-33-21(26-3)19(20(25)31-33)22(34)29-13(2)16-11-14-6-5-7-15(24)18(14)23(35)32(16)10-8-17-27-12-28-30-17/h4-7,9,11-13H,3,8,10H2,1-2H3,(H2,25,31)(H,29,34)(H,27,28,30)/b9-4-/t13-/m0/s1. The van der Waals surface area contributed by atoms with Crippen LogP contribution in [-0.4, -0.2) is 42.2 Å². The first-order valence-corrected chi connectivity index (χ1v) is 11.2. The summed E-state index contributed by atoms with van der Waals surface area (Å²) in [4.78, 5) is 34.7. The molecule has 11 nitrogen and oxygen atoms in total. The van der Waals surface area contributed by atoms with Crippen LogP contribution in [0.3, 0.4) is 0 Å². The van der Waals surface area contributed by atoms with Crippen molar-refractivity contribution >= 4 is 52.8 Å². The number of nitrogens with one attached hydrogen (secondary N) is 2. The van der Waals surface area contributed by atoms with Crippen LogP contribution in [0.2, 0.25) is 5.02 Å². The molecule has 4 rings (SSSR count). The van der Waals surface area contributed by atoms with E-state index >= 15 is 0 Å². The predicted octanol–water partition coefficient (Wildman–Crippen LogP) is 3.11. The molecule has 0 aliphatic rings. The Hall–Kier alpha value is -4.25. The van der Waals surface area contributed by atoms with Crippen molar-refractivity contribution in [2.24, 2.45) is 4.99 Å². The first-order chi connectivity index (χ1) is 16.8. The average Bonchev–Trinajstić information content (AvgIpc) is 3.45. The maximum Gasteiger partial charge on any atom is 0.260 e. The summed E-state index contributed by atoms with van der Waals surface area (Å²) in [7, 11) is 0. The Labute approximate surface area is 205 Å². The van der Waals surface area contributed by atoms with Crippen molar-refractivity contribution in [1.82, 2.24) is 34.8 Å². The van der Waals surface area contributed by atoms with Crippen molar-refractivity contribution in [2.75, 3.05) is 5.73 Å². The highest BCUT2D eigenvalue weighted by Gasteiger charge is 2.24. The smallest absolute Gasteiger partial charge is 0.260 e. The number of aromatic nitrogens is 6. The normalized spacial score (nSPS) is 12.3. The predicted molar refractivity (Wildman–Crippen MR) is 136 cm³/mol. The fourth-order valence-electron chi connectivity index (χ4n) is 3.93. The van der Waals surface area contributed by atoms with Crippen LogP contribution >= 0.6 is 11.6 Å². The first kappa shape index (κ1) is 23.9. The molecule has 0 aliphatic heterocycles. The molecule has 0 saturated carbocycles. The molecule has 4 aromatic rings. The number of carbonyl (C=O) groups excluding carboxylic acids is 1. The van der Waals surface area contributed by atoms with Gasteiger partial charge in [-0.1, -0.05) is 29.8 Å². The van der Waals surface area contributed by atoms with Crippen LogP contribution in [-0.2, 0) is 13.0 Å². The number of anilines is 1. The molecule has 3 aromatic heterocycles. The van der Waals surface area contributed by atoms with Gasteiger partial charge in [0, 0.05) is 24.9 Å². The van der Waals surface area contributed by atoms with Crippen LogP contribution in [0.15, 0.2) is 46.5 Å². The van der Waals surface area contributed by atoms with Crippen LogP contribution in [0.25, 0.3) is 17.0 Å². The maximum absolute atomic E-state index is 13.5. The number of allylic oxidation sites excluding steroid dienone is 1. The molecular weight excluding hydrogens is 470 g/mol. The average molecular weight is 494 g/mol. The molecule has 0 spiro atoms. The number of nitrogens with two attached hydrogens (primary N) is 1. The summed E-state index contributed by atoms with van der Waals surface area (Å²) < 4.78 is 2.97. The molecule has 0 unspecified atom stereocenters. The van der Waals surface area contributed by atoms with Crippen LogP contribution in [0.1, 0.15) is 41.8 Å². The largest absolute Gasteiger partial charge is 0.381 e. The van der Waals surface area contributed by atoms with E-state index in [4.69, 9.17) is 17.3 Å². The monoisotopic (exact) mass is 493 g/mol. The third kappa shape index (κ3) is 4.58. The van der Waals surface area contributed by atoms with Gasteiger partial charge < -0.3 is 15.6 Å². The number of pyridine rings is 1. The van der Waals surface area contributed by atoms with E-state index in [1.54, 1.807) is 48.9 Å². The van der Waals surface area contributed by atoms with Crippen molar-refractivity contribution < 1.29 is 4.79 Å². The van der Waals surface area contributed by atoms with Gasteiger partial charge in [-0.25, -0.2) is 14.7 Å². The number of rotatable bonds is 8. The number of nitrogen functional groups attached to an aromatic ring is 1. The fraction of sp³-hybridized carbons (Fsp3) is 0.217. The number of hydrogen-bond donors (Lipinski definition) is 3. The van der Waals surface area contributed by atoms with Crippen molar-refractivity contribution in [3.63, 3.8) is 0 Å². The van der Waals surface area contributed by atoms with Crippen molar-refractivity contribution in [3.8, 4) is 0 Å². The zero-order valence-electron chi connectivity index (χ0n) is 19.2. The second-order valence-corrected chi connectivity index (χ2v) is 8.18. The molecule has 0 aliphatic carbocycles. The minimum absolute atomic E-state index is 0.0169. The highest BCUT2D eigenvalue weighted by Crippen LogP contribution is 2.27. The van der Waals surface area contributed by atoms with Gasteiger partial charge in [0.2, 0.25) is 0 Å². The molecule has 180 valence electrons. The number of halogens is 1. The van der Waals surface area contributed by atoms with Crippen molar-refractivity contribution in [1.29, 1.82) is 0 Å². The van der Waals surface area contributed by atoms with Crippen LogP contribution in [0, 0.1) is 0 Å². The lowest BCUT2D eigenvalue weighted by Gasteiger charge is -2.21. The van der Waals surface area contributed by atoms with E-state index in [9.17, 15) is 9.59 Å². The Morgan fingerprint density at radius 1 is 1.43 bits per heavy atom. The second-order valence-electron chi connectivity index (χ2n) is 7.78. The molecule has 0 bridgehead atoms. The van der Waals surface area contributed by atoms with E-state index in [-0.39, 0.29) is 22.8 Å². The fourth-order valence-corrected chi connectivity index (χ4v) is 4.20. The lowest BCUT2D eigenvalue weighted by molar-refractivity contribution is 0.0940. The Morgan fingerprint density at radius 3 is 2.91 bits per heavy atom. The van der Waals surface area contributed by atoms with Gasteiger partial charge in [-0.3, -0.25) is 14.7 Å². The number of amides is 1. The Bertz CT molecular complexity index is 1490. The summed E-state index contributed by atoms with van der Waals surface area (Å²) in [6, 6.07) is 6.52. The molecule has 1 aromatic carbocycles. The number of aliphatic imine (C=N–C) groups is 1. The summed E-state index contributed by atoms with van der Waals surface area (Å²) in [5.74, 6) is 0.375. The molecule has 35 heavy (non-hydrogen) atoms. The number of fused-ring (bicyclic) bond motifs is 1. The topological polar surface area (TPSA) is 149 Å². The number of aromatic amines is 1. The molecule has 1 atom stereocenters. The van der Waals surface area contributed by atoms with E-state index in [2.05, 4.69) is 37.3 Å². The SMILES string of the molecule is C=Nc1c(C(=O)N[C@@H](C)c2cc3cccc(Cl)c3c(=O)n2CCc2ncn[nH]2)c(N)nn1/C=C\C. The van der Waals surface area contributed by atoms with Crippen LogP contribution < -0.4 is 16.6 Å². The van der Waals surface area contributed by atoms with Gasteiger partial charge in [0.15, 0.2) is 11.6 Å². The summed E-state index contributed by atoms with van der Waals surface area (Å²) >= 11 is 6.35. The lowest BCUT2D eigenvalue weighted by atomic mass is 10.1. The van der Waals surface area contributed by atoms with Crippen molar-refractivity contribution in [3.05, 3.63) is 69.1 Å². The minimum Gasteiger partial charge on any atom is -0.381 e. The lowest BCUT2D eigenvalue weighted by Crippen LogP contribution is -2.33. The molecule has 3 heterocycles. The third-order valence-electron chi connectivity index (χ3n) is 5.53. The van der Waals surface area contributed by atoms with Gasteiger partial charge in [-0.05, 0) is 38.1 Å². The minimum atomic E-state index is -0.574. The molecule has 4 N–H and O–H groups in total. The molecule has 0 saturated heterocycles. The number of benzene rings is 1. The van der Waals surface area contributed by atoms with Gasteiger partial charge in [-0.2, -0.15) is 5.10 Å². The van der Waals surface area contributed by atoms with Crippen LogP contribution in [0.4, 0.5) is 11.6 Å². The molecule has 12 heteroatoms. The first-order valence-electron chi connectivity index (χ1n) is 10.8. The highest BCUT2D eigenvalue weighted by atomic mass is 35.5. The quantitative estimate of drug-likeness (QED) is 0.321. The van der Waals surface area contributed by atoms with Crippen molar-refractivity contribution in [2.45, 2.75) is 32.9 Å². The molecule has 0 fully saturated rings. The van der Waals surface area contributed by atoms with Gasteiger partial charge in [0.05, 0.1) is 16.5 Å². The number of hydrogen-bond acceptors (Lipinski definition) is 7. The summed E-state index contributed by atoms with van der Waals surface area (Å²) in [5, 5.41) is 15.1. The number of carbonyl (C=O) groups is 1. The van der Waals surface area contributed by atoms with Gasteiger partial charge in [-0.15, -0.1) is 5.10 Å². The number of aryl methyl sites for hydroxylation is 1. The van der Waals surface area contributed by atoms with Crippen LogP contribution in [0.5, 0.6) is 0 Å². The number of H-pyrrole nitrogens is 1. The molecule has 1 amide bonds. The van der Waals surface area contributed by atoms with E-state index < -0.39 is 11.9 Å². The Balaban J connectivity index is 1.74.